The summed E-state index contributed by atoms with van der Waals surface area (Å²) in [6, 6.07) is 15.1. The molecule has 1 heterocycles. The molecule has 33 heavy (non-hydrogen) atoms. The zero-order valence-electron chi connectivity index (χ0n) is 20.2. The highest BCUT2D eigenvalue weighted by Gasteiger charge is 2.47. The Morgan fingerprint density at radius 2 is 1.76 bits per heavy atom. The average molecular weight is 514 g/mol. The SMILES string of the molecule is CC(C)(C)OC(=O)[C@]1(CN(C(=O)c2cccc(Br)c2)c2ccccc2C(C)(C)C)CCN=N1. The first-order valence-corrected chi connectivity index (χ1v) is 11.9. The number of carbonyl (C=O) groups is 2. The summed E-state index contributed by atoms with van der Waals surface area (Å²) in [5.74, 6) is -0.672. The van der Waals surface area contributed by atoms with Crippen LogP contribution < -0.4 is 4.90 Å². The van der Waals surface area contributed by atoms with Crippen LogP contribution in [0.4, 0.5) is 5.69 Å². The molecule has 0 aliphatic carbocycles. The van der Waals surface area contributed by atoms with E-state index in [1.165, 1.54) is 0 Å². The van der Waals surface area contributed by atoms with Gasteiger partial charge in [0, 0.05) is 22.1 Å². The van der Waals surface area contributed by atoms with E-state index in [2.05, 4.69) is 46.9 Å². The van der Waals surface area contributed by atoms with Crippen molar-refractivity contribution in [2.75, 3.05) is 18.0 Å². The van der Waals surface area contributed by atoms with Gasteiger partial charge in [0.15, 0.2) is 5.54 Å². The summed E-state index contributed by atoms with van der Waals surface area (Å²) in [5.41, 5.74) is 0.123. The lowest BCUT2D eigenvalue weighted by atomic mass is 9.85. The summed E-state index contributed by atoms with van der Waals surface area (Å²) >= 11 is 3.46. The Bertz CT molecular complexity index is 1070. The van der Waals surface area contributed by atoms with Crippen LogP contribution in [0.5, 0.6) is 0 Å². The molecule has 0 N–H and O–H groups in total. The second-order valence-electron chi connectivity index (χ2n) is 10.4. The van der Waals surface area contributed by atoms with Gasteiger partial charge in [0.25, 0.3) is 5.91 Å². The summed E-state index contributed by atoms with van der Waals surface area (Å²) in [6.07, 6.45) is 0.391. The lowest BCUT2D eigenvalue weighted by Crippen LogP contribution is -2.51. The molecule has 0 saturated heterocycles. The topological polar surface area (TPSA) is 71.3 Å². The smallest absolute Gasteiger partial charge is 0.338 e. The van der Waals surface area contributed by atoms with Gasteiger partial charge in [-0.05, 0) is 56.0 Å². The fourth-order valence-corrected chi connectivity index (χ4v) is 4.21. The molecule has 6 nitrogen and oxygen atoms in total. The number of rotatable bonds is 5. The molecule has 0 bridgehead atoms. The molecule has 7 heteroatoms. The van der Waals surface area contributed by atoms with E-state index in [4.69, 9.17) is 4.74 Å². The molecule has 0 saturated carbocycles. The predicted octanol–water partition coefficient (Wildman–Crippen LogP) is 6.33. The summed E-state index contributed by atoms with van der Waals surface area (Å²) in [5, 5.41) is 8.48. The molecule has 0 aromatic heterocycles. The third kappa shape index (κ3) is 5.88. The Hall–Kier alpha value is -2.54. The van der Waals surface area contributed by atoms with Crippen LogP contribution in [-0.4, -0.2) is 36.1 Å². The number of para-hydroxylation sites is 1. The first-order chi connectivity index (χ1) is 15.3. The van der Waals surface area contributed by atoms with Gasteiger partial charge < -0.3 is 9.64 Å². The summed E-state index contributed by atoms with van der Waals surface area (Å²) < 4.78 is 6.53. The molecule has 0 radical (unpaired) electrons. The van der Waals surface area contributed by atoms with Gasteiger partial charge in [-0.25, -0.2) is 4.79 Å². The van der Waals surface area contributed by atoms with Gasteiger partial charge in [0.05, 0.1) is 13.1 Å². The van der Waals surface area contributed by atoms with Crippen molar-refractivity contribution >= 4 is 33.5 Å². The van der Waals surface area contributed by atoms with E-state index < -0.39 is 17.1 Å². The van der Waals surface area contributed by atoms with Crippen LogP contribution in [0.25, 0.3) is 0 Å². The molecule has 1 aliphatic rings. The maximum atomic E-state index is 13.9. The van der Waals surface area contributed by atoms with Crippen molar-refractivity contribution in [3.63, 3.8) is 0 Å². The molecule has 0 fully saturated rings. The van der Waals surface area contributed by atoms with E-state index >= 15 is 0 Å². The number of carbonyl (C=O) groups excluding carboxylic acids is 2. The number of hydrogen-bond donors (Lipinski definition) is 0. The van der Waals surface area contributed by atoms with E-state index in [9.17, 15) is 9.59 Å². The van der Waals surface area contributed by atoms with Crippen LogP contribution in [-0.2, 0) is 14.9 Å². The Kier molecular flexibility index (Phi) is 7.13. The number of ether oxygens (including phenoxy) is 1. The molecule has 3 rings (SSSR count). The van der Waals surface area contributed by atoms with Crippen LogP contribution in [0.15, 0.2) is 63.2 Å². The highest BCUT2D eigenvalue weighted by Crippen LogP contribution is 2.36. The maximum absolute atomic E-state index is 13.9. The molecule has 176 valence electrons. The van der Waals surface area contributed by atoms with Crippen molar-refractivity contribution < 1.29 is 14.3 Å². The quantitative estimate of drug-likeness (QED) is 0.438. The number of halogens is 1. The second kappa shape index (κ2) is 9.37. The van der Waals surface area contributed by atoms with Gasteiger partial charge in [-0.15, -0.1) is 0 Å². The molecular weight excluding hydrogens is 482 g/mol. The van der Waals surface area contributed by atoms with Gasteiger partial charge in [-0.3, -0.25) is 4.79 Å². The highest BCUT2D eigenvalue weighted by molar-refractivity contribution is 9.10. The molecule has 2 aromatic carbocycles. The maximum Gasteiger partial charge on any atom is 0.338 e. The third-order valence-corrected chi connectivity index (χ3v) is 5.90. The van der Waals surface area contributed by atoms with Crippen molar-refractivity contribution in [1.82, 2.24) is 0 Å². The minimum absolute atomic E-state index is 0.0455. The number of nitrogens with zero attached hydrogens (tertiary/aromatic N) is 3. The Morgan fingerprint density at radius 3 is 2.33 bits per heavy atom. The van der Waals surface area contributed by atoms with E-state index in [0.29, 0.717) is 18.5 Å². The number of anilines is 1. The van der Waals surface area contributed by atoms with Crippen molar-refractivity contribution in [3.05, 3.63) is 64.1 Å². The Morgan fingerprint density at radius 1 is 1.06 bits per heavy atom. The van der Waals surface area contributed by atoms with Gasteiger partial charge in [0.2, 0.25) is 0 Å². The van der Waals surface area contributed by atoms with Crippen LogP contribution in [0, 0.1) is 0 Å². The minimum atomic E-state index is -1.25. The van der Waals surface area contributed by atoms with Crippen molar-refractivity contribution in [3.8, 4) is 0 Å². The molecule has 1 amide bonds. The van der Waals surface area contributed by atoms with Crippen molar-refractivity contribution in [2.24, 2.45) is 10.2 Å². The number of hydrogen-bond acceptors (Lipinski definition) is 5. The molecule has 1 atom stereocenters. The number of azo groups is 1. The Balaban J connectivity index is 2.13. The van der Waals surface area contributed by atoms with Crippen molar-refractivity contribution in [2.45, 2.75) is 64.5 Å². The summed E-state index contributed by atoms with van der Waals surface area (Å²) in [6.45, 7) is 12.2. The minimum Gasteiger partial charge on any atom is -0.458 e. The number of benzene rings is 2. The van der Waals surface area contributed by atoms with Crippen LogP contribution >= 0.6 is 15.9 Å². The second-order valence-corrected chi connectivity index (χ2v) is 11.3. The summed E-state index contributed by atoms with van der Waals surface area (Å²) in [4.78, 5) is 28.9. The highest BCUT2D eigenvalue weighted by atomic mass is 79.9. The first kappa shape index (κ1) is 25.1. The van der Waals surface area contributed by atoms with E-state index in [0.717, 1.165) is 15.7 Å². The first-order valence-electron chi connectivity index (χ1n) is 11.1. The zero-order valence-corrected chi connectivity index (χ0v) is 21.8. The van der Waals surface area contributed by atoms with Gasteiger partial charge in [0.1, 0.15) is 5.60 Å². The van der Waals surface area contributed by atoms with Gasteiger partial charge in [-0.1, -0.05) is 61.0 Å². The zero-order chi connectivity index (χ0) is 24.4. The van der Waals surface area contributed by atoms with Gasteiger partial charge >= 0.3 is 5.97 Å². The predicted molar refractivity (Wildman–Crippen MR) is 134 cm³/mol. The average Bonchev–Trinajstić information content (AvgIpc) is 3.20. The Labute approximate surface area is 204 Å². The van der Waals surface area contributed by atoms with Gasteiger partial charge in [-0.2, -0.15) is 10.2 Å². The van der Waals surface area contributed by atoms with Crippen LogP contribution in [0.3, 0.4) is 0 Å². The molecule has 0 unspecified atom stereocenters. The fraction of sp³-hybridized carbons (Fsp3) is 0.462. The van der Waals surface area contributed by atoms with E-state index in [1.807, 2.05) is 57.2 Å². The van der Waals surface area contributed by atoms with Crippen LogP contribution in [0.2, 0.25) is 0 Å². The molecule has 1 aliphatic heterocycles. The van der Waals surface area contributed by atoms with Crippen molar-refractivity contribution in [1.29, 1.82) is 0 Å². The lowest BCUT2D eigenvalue weighted by molar-refractivity contribution is -0.161. The summed E-state index contributed by atoms with van der Waals surface area (Å²) in [7, 11) is 0. The molecule has 0 spiro atoms. The third-order valence-electron chi connectivity index (χ3n) is 5.41. The van der Waals surface area contributed by atoms with Crippen LogP contribution in [0.1, 0.15) is 63.9 Å². The normalized spacial score (nSPS) is 18.3. The standard InChI is InChI=1S/C26H32BrN3O3/c1-24(2,3)20-12-7-8-13-21(20)30(22(31)18-10-9-11-19(27)16-18)17-26(14-15-28-29-26)23(32)33-25(4,5)6/h7-13,16H,14-15,17H2,1-6H3/t26-/m1/s1. The lowest BCUT2D eigenvalue weighted by Gasteiger charge is -2.35. The molecule has 2 aromatic rings. The number of esters is 1. The largest absolute Gasteiger partial charge is 0.458 e. The monoisotopic (exact) mass is 513 g/mol. The molecular formula is C26H32BrN3O3. The van der Waals surface area contributed by atoms with E-state index in [1.54, 1.807) is 17.0 Å². The number of amides is 1. The van der Waals surface area contributed by atoms with E-state index in [-0.39, 0.29) is 17.9 Å². The fourth-order valence-electron chi connectivity index (χ4n) is 3.81.